The Bertz CT molecular complexity index is 523. The molecule has 0 radical (unpaired) electrons. The quantitative estimate of drug-likeness (QED) is 0.510. The van der Waals surface area contributed by atoms with Crippen molar-refractivity contribution in [2.45, 2.75) is 33.1 Å². The van der Waals surface area contributed by atoms with Gasteiger partial charge in [0.05, 0.1) is 33.5 Å². The minimum Gasteiger partial charge on any atom is -0.496 e. The lowest BCUT2D eigenvalue weighted by Crippen LogP contribution is -2.08. The fraction of sp³-hybridized carbons (Fsp3) is 0.500. The molecule has 1 aromatic carbocycles. The maximum Gasteiger partial charge on any atom is 0.334 e. The van der Waals surface area contributed by atoms with Crippen LogP contribution in [0.4, 0.5) is 0 Å². The van der Waals surface area contributed by atoms with E-state index >= 15 is 0 Å². The SMILES string of the molecule is CCCC/C(=C\c1c(OC)cc(OC)cc1OC)C(=O)OCC. The van der Waals surface area contributed by atoms with Gasteiger partial charge in [0.15, 0.2) is 0 Å². The van der Waals surface area contributed by atoms with Gasteiger partial charge in [-0.05, 0) is 25.8 Å². The largest absolute Gasteiger partial charge is 0.496 e. The summed E-state index contributed by atoms with van der Waals surface area (Å²) < 4.78 is 21.2. The fourth-order valence-electron chi connectivity index (χ4n) is 2.17. The maximum atomic E-state index is 12.2. The van der Waals surface area contributed by atoms with E-state index in [0.717, 1.165) is 12.8 Å². The van der Waals surface area contributed by atoms with Gasteiger partial charge in [0, 0.05) is 17.7 Å². The molecule has 0 aliphatic heterocycles. The standard InChI is InChI=1S/C18H26O5/c1-6-8-9-13(18(19)23-7-2)10-15-16(21-4)11-14(20-3)12-17(15)22-5/h10-12H,6-9H2,1-5H3/b13-10+. The molecule has 23 heavy (non-hydrogen) atoms. The molecule has 5 heteroatoms. The number of carbonyl (C=O) groups excluding carboxylic acids is 1. The molecule has 0 atom stereocenters. The molecule has 1 rings (SSSR count). The number of rotatable bonds is 9. The van der Waals surface area contributed by atoms with E-state index in [1.54, 1.807) is 46.5 Å². The van der Waals surface area contributed by atoms with E-state index in [0.29, 0.717) is 41.4 Å². The zero-order valence-corrected chi connectivity index (χ0v) is 14.6. The van der Waals surface area contributed by atoms with Crippen LogP contribution in [0, 0.1) is 0 Å². The summed E-state index contributed by atoms with van der Waals surface area (Å²) >= 11 is 0. The number of hydrogen-bond donors (Lipinski definition) is 0. The van der Waals surface area contributed by atoms with Gasteiger partial charge < -0.3 is 18.9 Å². The topological polar surface area (TPSA) is 54.0 Å². The third-order valence-corrected chi connectivity index (χ3v) is 3.41. The lowest BCUT2D eigenvalue weighted by atomic mass is 10.0. The second-order valence-corrected chi connectivity index (χ2v) is 4.94. The first-order chi connectivity index (χ1) is 11.1. The van der Waals surface area contributed by atoms with Gasteiger partial charge in [-0.2, -0.15) is 0 Å². The third-order valence-electron chi connectivity index (χ3n) is 3.41. The van der Waals surface area contributed by atoms with E-state index < -0.39 is 0 Å². The second kappa shape index (κ2) is 9.77. The minimum atomic E-state index is -0.305. The van der Waals surface area contributed by atoms with Crippen LogP contribution in [-0.4, -0.2) is 33.9 Å². The summed E-state index contributed by atoms with van der Waals surface area (Å²) in [5, 5.41) is 0. The van der Waals surface area contributed by atoms with E-state index in [2.05, 4.69) is 6.92 Å². The number of benzene rings is 1. The molecule has 0 saturated heterocycles. The van der Waals surface area contributed by atoms with Crippen molar-refractivity contribution in [2.24, 2.45) is 0 Å². The Morgan fingerprint density at radius 3 is 2.09 bits per heavy atom. The van der Waals surface area contributed by atoms with E-state index in [4.69, 9.17) is 18.9 Å². The summed E-state index contributed by atoms with van der Waals surface area (Å²) in [5.74, 6) is 1.49. The van der Waals surface area contributed by atoms with Gasteiger partial charge in [-0.3, -0.25) is 0 Å². The summed E-state index contributed by atoms with van der Waals surface area (Å²) in [7, 11) is 4.72. The average Bonchev–Trinajstić information content (AvgIpc) is 2.58. The molecule has 5 nitrogen and oxygen atoms in total. The van der Waals surface area contributed by atoms with Crippen molar-refractivity contribution in [3.8, 4) is 17.2 Å². The zero-order valence-electron chi connectivity index (χ0n) is 14.6. The lowest BCUT2D eigenvalue weighted by molar-refractivity contribution is -0.138. The molecule has 0 aliphatic carbocycles. The Morgan fingerprint density at radius 1 is 1.04 bits per heavy atom. The van der Waals surface area contributed by atoms with Crippen molar-refractivity contribution < 1.29 is 23.7 Å². The molecule has 0 unspecified atom stereocenters. The smallest absolute Gasteiger partial charge is 0.334 e. The van der Waals surface area contributed by atoms with Crippen LogP contribution in [0.25, 0.3) is 6.08 Å². The monoisotopic (exact) mass is 322 g/mol. The fourth-order valence-corrected chi connectivity index (χ4v) is 2.17. The molecule has 0 bridgehead atoms. The predicted octanol–water partition coefficient (Wildman–Crippen LogP) is 3.85. The van der Waals surface area contributed by atoms with Crippen molar-refractivity contribution in [1.82, 2.24) is 0 Å². The third kappa shape index (κ3) is 5.20. The van der Waals surface area contributed by atoms with Crippen molar-refractivity contribution >= 4 is 12.0 Å². The summed E-state index contributed by atoms with van der Waals surface area (Å²) in [4.78, 5) is 12.2. The van der Waals surface area contributed by atoms with Crippen LogP contribution in [0.3, 0.4) is 0 Å². The molecule has 0 N–H and O–H groups in total. The van der Waals surface area contributed by atoms with Crippen molar-refractivity contribution in [2.75, 3.05) is 27.9 Å². The Morgan fingerprint density at radius 2 is 1.65 bits per heavy atom. The van der Waals surface area contributed by atoms with Crippen molar-refractivity contribution in [3.05, 3.63) is 23.3 Å². The van der Waals surface area contributed by atoms with Crippen molar-refractivity contribution in [3.63, 3.8) is 0 Å². The summed E-state index contributed by atoms with van der Waals surface area (Å²) in [6.45, 7) is 4.22. The van der Waals surface area contributed by atoms with Crippen LogP contribution in [0.2, 0.25) is 0 Å². The summed E-state index contributed by atoms with van der Waals surface area (Å²) in [5.41, 5.74) is 1.31. The van der Waals surface area contributed by atoms with Gasteiger partial charge in [0.1, 0.15) is 17.2 Å². The van der Waals surface area contributed by atoms with Crippen LogP contribution < -0.4 is 14.2 Å². The first-order valence-electron chi connectivity index (χ1n) is 7.78. The van der Waals surface area contributed by atoms with E-state index in [1.807, 2.05) is 0 Å². The zero-order chi connectivity index (χ0) is 17.2. The van der Waals surface area contributed by atoms with Gasteiger partial charge in [0.25, 0.3) is 0 Å². The number of carbonyl (C=O) groups is 1. The number of esters is 1. The highest BCUT2D eigenvalue weighted by atomic mass is 16.5. The normalized spacial score (nSPS) is 11.1. The molecule has 0 amide bonds. The lowest BCUT2D eigenvalue weighted by Gasteiger charge is -2.14. The molecule has 0 aliphatic rings. The van der Waals surface area contributed by atoms with Crippen LogP contribution in [0.5, 0.6) is 17.2 Å². The Hall–Kier alpha value is -2.17. The Balaban J connectivity index is 3.34. The number of methoxy groups -OCH3 is 3. The highest BCUT2D eigenvalue weighted by Crippen LogP contribution is 2.36. The molecule has 0 aromatic heterocycles. The van der Waals surface area contributed by atoms with Gasteiger partial charge in [-0.25, -0.2) is 4.79 Å². The molecule has 0 spiro atoms. The molecule has 0 heterocycles. The first-order valence-corrected chi connectivity index (χ1v) is 7.78. The van der Waals surface area contributed by atoms with Crippen molar-refractivity contribution in [1.29, 1.82) is 0 Å². The minimum absolute atomic E-state index is 0.305. The van der Waals surface area contributed by atoms with Crippen LogP contribution in [0.1, 0.15) is 38.7 Å². The molecule has 1 aromatic rings. The predicted molar refractivity (Wildman–Crippen MR) is 90.2 cm³/mol. The van der Waals surface area contributed by atoms with Gasteiger partial charge in [-0.15, -0.1) is 0 Å². The first kappa shape index (κ1) is 18.9. The van der Waals surface area contributed by atoms with Gasteiger partial charge in [0.2, 0.25) is 0 Å². The highest BCUT2D eigenvalue weighted by Gasteiger charge is 2.16. The maximum absolute atomic E-state index is 12.2. The van der Waals surface area contributed by atoms with Crippen LogP contribution in [-0.2, 0) is 9.53 Å². The molecule has 0 saturated carbocycles. The summed E-state index contributed by atoms with van der Waals surface area (Å²) in [6, 6.07) is 3.52. The molecule has 0 fully saturated rings. The van der Waals surface area contributed by atoms with Gasteiger partial charge >= 0.3 is 5.97 Å². The molecule has 128 valence electrons. The van der Waals surface area contributed by atoms with Crippen LogP contribution in [0.15, 0.2) is 17.7 Å². The number of ether oxygens (including phenoxy) is 4. The average molecular weight is 322 g/mol. The Labute approximate surface area is 138 Å². The van der Waals surface area contributed by atoms with Crippen LogP contribution >= 0.6 is 0 Å². The van der Waals surface area contributed by atoms with E-state index in [9.17, 15) is 4.79 Å². The molecular weight excluding hydrogens is 296 g/mol. The number of unbranched alkanes of at least 4 members (excludes halogenated alkanes) is 1. The van der Waals surface area contributed by atoms with E-state index in [1.165, 1.54) is 0 Å². The van der Waals surface area contributed by atoms with Gasteiger partial charge in [-0.1, -0.05) is 13.3 Å². The highest BCUT2D eigenvalue weighted by molar-refractivity contribution is 5.94. The summed E-state index contributed by atoms with van der Waals surface area (Å²) in [6.07, 6.45) is 4.33. The second-order valence-electron chi connectivity index (χ2n) is 4.94. The Kier molecular flexibility index (Phi) is 8.02. The molecular formula is C18H26O5. The van der Waals surface area contributed by atoms with E-state index in [-0.39, 0.29) is 5.97 Å². The number of hydrogen-bond acceptors (Lipinski definition) is 5.